The molecule has 0 spiro atoms. The maximum Gasteiger partial charge on any atom is 0.232 e. The van der Waals surface area contributed by atoms with Crippen LogP contribution in [0.15, 0.2) is 29.2 Å². The Hall–Kier alpha value is -1.20. The molecule has 0 aromatic heterocycles. The van der Waals surface area contributed by atoms with Crippen LogP contribution in [0.1, 0.15) is 13.3 Å². The Morgan fingerprint density at radius 2 is 1.81 bits per heavy atom. The molecule has 4 nitrogen and oxygen atoms in total. The minimum absolute atomic E-state index is 0.0785. The molecule has 6 heteroatoms. The molecule has 1 fully saturated rings. The molecule has 1 aromatic rings. The number of benzene rings is 1. The van der Waals surface area contributed by atoms with Gasteiger partial charge in [0.2, 0.25) is 11.8 Å². The fourth-order valence-electron chi connectivity index (χ4n) is 2.27. The van der Waals surface area contributed by atoms with Gasteiger partial charge in [0.15, 0.2) is 0 Å². The van der Waals surface area contributed by atoms with Crippen LogP contribution in [-0.2, 0) is 9.59 Å². The smallest absolute Gasteiger partial charge is 0.232 e. The van der Waals surface area contributed by atoms with Crippen molar-refractivity contribution in [2.75, 3.05) is 31.9 Å². The standard InChI is InChI=1S/C15H19ClN2O2S/c1-12(19)17-7-4-8-18(10-9-17)15(20)11-21-14-6-3-2-5-13(14)16/h2-3,5-6H,4,7-11H2,1H3. The third-order valence-electron chi connectivity index (χ3n) is 3.48. The average molecular weight is 327 g/mol. The number of carbonyl (C=O) groups is 2. The number of carbonyl (C=O) groups excluding carboxylic acids is 2. The molecule has 0 radical (unpaired) electrons. The summed E-state index contributed by atoms with van der Waals surface area (Å²) >= 11 is 7.54. The van der Waals surface area contributed by atoms with E-state index in [1.54, 1.807) is 11.8 Å². The number of rotatable bonds is 3. The number of amides is 2. The highest BCUT2D eigenvalue weighted by Gasteiger charge is 2.20. The largest absolute Gasteiger partial charge is 0.341 e. The summed E-state index contributed by atoms with van der Waals surface area (Å²) < 4.78 is 0. The summed E-state index contributed by atoms with van der Waals surface area (Å²) in [7, 11) is 0. The van der Waals surface area contributed by atoms with Gasteiger partial charge in [0.25, 0.3) is 0 Å². The van der Waals surface area contributed by atoms with Gasteiger partial charge in [-0.2, -0.15) is 0 Å². The van der Waals surface area contributed by atoms with E-state index < -0.39 is 0 Å². The van der Waals surface area contributed by atoms with Crippen LogP contribution in [0.4, 0.5) is 0 Å². The van der Waals surface area contributed by atoms with Crippen molar-refractivity contribution in [1.82, 2.24) is 9.80 Å². The maximum absolute atomic E-state index is 12.3. The lowest BCUT2D eigenvalue weighted by Gasteiger charge is -2.21. The molecule has 0 aliphatic carbocycles. The summed E-state index contributed by atoms with van der Waals surface area (Å²) in [5, 5.41) is 0.675. The fourth-order valence-corrected chi connectivity index (χ4v) is 3.42. The second kappa shape index (κ2) is 7.71. The lowest BCUT2D eigenvalue weighted by Crippen LogP contribution is -2.37. The topological polar surface area (TPSA) is 40.6 Å². The zero-order valence-corrected chi connectivity index (χ0v) is 13.6. The van der Waals surface area contributed by atoms with E-state index in [-0.39, 0.29) is 11.8 Å². The van der Waals surface area contributed by atoms with Gasteiger partial charge in [-0.3, -0.25) is 9.59 Å². The lowest BCUT2D eigenvalue weighted by atomic mass is 10.4. The Morgan fingerprint density at radius 1 is 1.14 bits per heavy atom. The van der Waals surface area contributed by atoms with Gasteiger partial charge in [0.1, 0.15) is 0 Å². The number of nitrogens with zero attached hydrogens (tertiary/aromatic N) is 2. The van der Waals surface area contributed by atoms with Crippen molar-refractivity contribution in [3.63, 3.8) is 0 Å². The van der Waals surface area contributed by atoms with E-state index in [0.717, 1.165) is 17.9 Å². The number of halogens is 1. The van der Waals surface area contributed by atoms with Gasteiger partial charge in [0, 0.05) is 38.0 Å². The molecule has 2 amide bonds. The van der Waals surface area contributed by atoms with E-state index >= 15 is 0 Å². The van der Waals surface area contributed by atoms with Crippen molar-refractivity contribution in [2.45, 2.75) is 18.2 Å². The number of hydrogen-bond acceptors (Lipinski definition) is 3. The third-order valence-corrected chi connectivity index (χ3v) is 4.98. The molecule has 2 rings (SSSR count). The van der Waals surface area contributed by atoms with Crippen molar-refractivity contribution in [1.29, 1.82) is 0 Å². The molecule has 1 aliphatic rings. The van der Waals surface area contributed by atoms with Crippen LogP contribution in [0.2, 0.25) is 5.02 Å². The van der Waals surface area contributed by atoms with Crippen LogP contribution < -0.4 is 0 Å². The predicted octanol–water partition coefficient (Wildman–Crippen LogP) is 2.51. The number of hydrogen-bond donors (Lipinski definition) is 0. The summed E-state index contributed by atoms with van der Waals surface area (Å²) in [5.41, 5.74) is 0. The molecule has 0 N–H and O–H groups in total. The van der Waals surface area contributed by atoms with Crippen molar-refractivity contribution in [3.05, 3.63) is 29.3 Å². The van der Waals surface area contributed by atoms with Crippen molar-refractivity contribution in [3.8, 4) is 0 Å². The highest BCUT2D eigenvalue weighted by atomic mass is 35.5. The van der Waals surface area contributed by atoms with E-state index in [4.69, 9.17) is 11.6 Å². The van der Waals surface area contributed by atoms with Crippen molar-refractivity contribution < 1.29 is 9.59 Å². The van der Waals surface area contributed by atoms with Crippen LogP contribution >= 0.6 is 23.4 Å². The molecule has 0 unspecified atom stereocenters. The van der Waals surface area contributed by atoms with Gasteiger partial charge >= 0.3 is 0 Å². The normalized spacial score (nSPS) is 15.7. The van der Waals surface area contributed by atoms with E-state index in [1.165, 1.54) is 11.8 Å². The van der Waals surface area contributed by atoms with Crippen LogP contribution in [0, 0.1) is 0 Å². The summed E-state index contributed by atoms with van der Waals surface area (Å²) in [6, 6.07) is 7.53. The fraction of sp³-hybridized carbons (Fsp3) is 0.467. The van der Waals surface area contributed by atoms with E-state index in [0.29, 0.717) is 30.4 Å². The molecule has 0 atom stereocenters. The SMILES string of the molecule is CC(=O)N1CCCN(C(=O)CSc2ccccc2Cl)CC1. The summed E-state index contributed by atoms with van der Waals surface area (Å²) in [6.07, 6.45) is 0.835. The van der Waals surface area contributed by atoms with Gasteiger partial charge in [-0.1, -0.05) is 23.7 Å². The van der Waals surface area contributed by atoms with Crippen molar-refractivity contribution >= 4 is 35.2 Å². The van der Waals surface area contributed by atoms with Crippen LogP contribution in [0.3, 0.4) is 0 Å². The molecule has 1 heterocycles. The zero-order valence-electron chi connectivity index (χ0n) is 12.0. The van der Waals surface area contributed by atoms with Crippen molar-refractivity contribution in [2.24, 2.45) is 0 Å². The molecule has 0 bridgehead atoms. The predicted molar refractivity (Wildman–Crippen MR) is 85.6 cm³/mol. The van der Waals surface area contributed by atoms with Gasteiger partial charge in [-0.15, -0.1) is 11.8 Å². The highest BCUT2D eigenvalue weighted by Crippen LogP contribution is 2.26. The van der Waals surface area contributed by atoms with Crippen LogP contribution in [0.25, 0.3) is 0 Å². The summed E-state index contributed by atoms with van der Waals surface area (Å²) in [4.78, 5) is 28.2. The Balaban J connectivity index is 1.86. The molecule has 21 heavy (non-hydrogen) atoms. The Morgan fingerprint density at radius 3 is 2.52 bits per heavy atom. The average Bonchev–Trinajstić information content (AvgIpc) is 2.72. The first-order valence-electron chi connectivity index (χ1n) is 6.98. The monoisotopic (exact) mass is 326 g/mol. The minimum atomic E-state index is 0.0785. The zero-order chi connectivity index (χ0) is 15.2. The van der Waals surface area contributed by atoms with Crippen LogP contribution in [-0.4, -0.2) is 53.5 Å². The van der Waals surface area contributed by atoms with Gasteiger partial charge < -0.3 is 9.80 Å². The lowest BCUT2D eigenvalue weighted by molar-refractivity contribution is -0.130. The number of thioether (sulfide) groups is 1. The Kier molecular flexibility index (Phi) is 5.94. The van der Waals surface area contributed by atoms with E-state index in [9.17, 15) is 9.59 Å². The highest BCUT2D eigenvalue weighted by molar-refractivity contribution is 8.00. The summed E-state index contributed by atoms with van der Waals surface area (Å²) in [6.45, 7) is 4.26. The Bertz CT molecular complexity index is 524. The van der Waals surface area contributed by atoms with E-state index in [2.05, 4.69) is 0 Å². The van der Waals surface area contributed by atoms with E-state index in [1.807, 2.05) is 29.2 Å². The quantitative estimate of drug-likeness (QED) is 0.801. The van der Waals surface area contributed by atoms with Gasteiger partial charge in [-0.25, -0.2) is 0 Å². The van der Waals surface area contributed by atoms with Crippen LogP contribution in [0.5, 0.6) is 0 Å². The van der Waals surface area contributed by atoms with Gasteiger partial charge in [0.05, 0.1) is 10.8 Å². The summed E-state index contributed by atoms with van der Waals surface area (Å²) in [5.74, 6) is 0.559. The van der Waals surface area contributed by atoms with Gasteiger partial charge in [-0.05, 0) is 18.6 Å². The second-order valence-corrected chi connectivity index (χ2v) is 6.38. The molecular weight excluding hydrogens is 308 g/mol. The Labute approximate surface area is 134 Å². The first-order chi connectivity index (χ1) is 10.1. The first kappa shape index (κ1) is 16.2. The second-order valence-electron chi connectivity index (χ2n) is 4.96. The molecule has 114 valence electrons. The maximum atomic E-state index is 12.3. The first-order valence-corrected chi connectivity index (χ1v) is 8.35. The third kappa shape index (κ3) is 4.64. The molecule has 1 aromatic carbocycles. The molecular formula is C15H19ClN2O2S. The minimum Gasteiger partial charge on any atom is -0.341 e. The molecule has 1 aliphatic heterocycles. The molecule has 1 saturated heterocycles. The molecule has 0 saturated carbocycles.